The molecule has 0 spiro atoms. The second-order valence-electron chi connectivity index (χ2n) is 4.13. The molecule has 0 bridgehead atoms. The van der Waals surface area contributed by atoms with E-state index in [1.807, 2.05) is 0 Å². The standard InChI is InChI=1S/C14H14ClNO4S/c1-19-11-4-3-5-12(9-11)21(17,18)16-13-8-10(15)6-7-14(13)20-2/h3-9,16H,1-2H3. The first kappa shape index (κ1) is 15.5. The van der Waals surface area contributed by atoms with Crippen LogP contribution in [0.5, 0.6) is 11.5 Å². The van der Waals surface area contributed by atoms with Crippen molar-refractivity contribution in [1.82, 2.24) is 0 Å². The van der Waals surface area contributed by atoms with Crippen molar-refractivity contribution < 1.29 is 17.9 Å². The zero-order valence-electron chi connectivity index (χ0n) is 11.5. The first-order valence-electron chi connectivity index (χ1n) is 5.96. The van der Waals surface area contributed by atoms with Crippen molar-refractivity contribution >= 4 is 27.3 Å². The first-order valence-corrected chi connectivity index (χ1v) is 7.83. The molecule has 2 aromatic carbocycles. The molecule has 0 radical (unpaired) electrons. The average Bonchev–Trinajstić information content (AvgIpc) is 2.47. The van der Waals surface area contributed by atoms with Crippen LogP contribution in [-0.4, -0.2) is 22.6 Å². The Kier molecular flexibility index (Phi) is 4.59. The monoisotopic (exact) mass is 327 g/mol. The molecule has 0 amide bonds. The van der Waals surface area contributed by atoms with Crippen LogP contribution in [-0.2, 0) is 10.0 Å². The van der Waals surface area contributed by atoms with Crippen LogP contribution in [0.25, 0.3) is 0 Å². The number of hydrogen-bond acceptors (Lipinski definition) is 4. The highest BCUT2D eigenvalue weighted by Gasteiger charge is 2.17. The molecule has 0 unspecified atom stereocenters. The second kappa shape index (κ2) is 6.24. The molecule has 0 aliphatic rings. The molecule has 112 valence electrons. The van der Waals surface area contributed by atoms with Crippen LogP contribution in [0.4, 0.5) is 5.69 Å². The maximum atomic E-state index is 12.4. The molecular weight excluding hydrogens is 314 g/mol. The average molecular weight is 328 g/mol. The van der Waals surface area contributed by atoms with Crippen molar-refractivity contribution in [1.29, 1.82) is 0 Å². The highest BCUT2D eigenvalue weighted by Crippen LogP contribution is 2.30. The van der Waals surface area contributed by atoms with Gasteiger partial charge in [0.1, 0.15) is 11.5 Å². The molecule has 0 atom stereocenters. The van der Waals surface area contributed by atoms with Gasteiger partial charge in [0.15, 0.2) is 0 Å². The molecule has 0 fully saturated rings. The Morgan fingerprint density at radius 2 is 1.81 bits per heavy atom. The smallest absolute Gasteiger partial charge is 0.262 e. The van der Waals surface area contributed by atoms with Crippen LogP contribution in [0.3, 0.4) is 0 Å². The van der Waals surface area contributed by atoms with Crippen LogP contribution in [0.2, 0.25) is 5.02 Å². The first-order chi connectivity index (χ1) is 9.96. The summed E-state index contributed by atoms with van der Waals surface area (Å²) in [4.78, 5) is 0.0869. The Labute approximate surface area is 128 Å². The summed E-state index contributed by atoms with van der Waals surface area (Å²) in [6.07, 6.45) is 0. The third kappa shape index (κ3) is 3.59. The van der Waals surface area contributed by atoms with E-state index in [1.54, 1.807) is 24.3 Å². The fraction of sp³-hybridized carbons (Fsp3) is 0.143. The van der Waals surface area contributed by atoms with Crippen LogP contribution < -0.4 is 14.2 Å². The summed E-state index contributed by atoms with van der Waals surface area (Å²) in [5.74, 6) is 0.835. The van der Waals surface area contributed by atoms with Gasteiger partial charge in [0.25, 0.3) is 10.0 Å². The van der Waals surface area contributed by atoms with E-state index in [9.17, 15) is 8.42 Å². The van der Waals surface area contributed by atoms with Crippen LogP contribution in [0.15, 0.2) is 47.4 Å². The Morgan fingerprint density at radius 1 is 1.05 bits per heavy atom. The summed E-state index contributed by atoms with van der Waals surface area (Å²) in [7, 11) is -0.842. The third-order valence-electron chi connectivity index (χ3n) is 2.76. The van der Waals surface area contributed by atoms with E-state index in [0.717, 1.165) is 0 Å². The second-order valence-corrected chi connectivity index (χ2v) is 6.25. The largest absolute Gasteiger partial charge is 0.497 e. The van der Waals surface area contributed by atoms with Gasteiger partial charge in [-0.1, -0.05) is 17.7 Å². The zero-order chi connectivity index (χ0) is 15.5. The Hall–Kier alpha value is -1.92. The molecule has 0 aromatic heterocycles. The number of methoxy groups -OCH3 is 2. The van der Waals surface area contributed by atoms with E-state index in [4.69, 9.17) is 21.1 Å². The zero-order valence-corrected chi connectivity index (χ0v) is 13.0. The molecule has 0 aliphatic carbocycles. The van der Waals surface area contributed by atoms with Gasteiger partial charge >= 0.3 is 0 Å². The lowest BCUT2D eigenvalue weighted by molar-refractivity contribution is 0.413. The van der Waals surface area contributed by atoms with Crippen molar-refractivity contribution in [3.05, 3.63) is 47.5 Å². The molecule has 2 aromatic rings. The summed E-state index contributed by atoms with van der Waals surface area (Å²) in [5, 5.41) is 0.402. The fourth-order valence-corrected chi connectivity index (χ4v) is 3.00. The summed E-state index contributed by atoms with van der Waals surface area (Å²) in [6, 6.07) is 10.9. The lowest BCUT2D eigenvalue weighted by atomic mass is 10.3. The molecule has 21 heavy (non-hydrogen) atoms. The number of ether oxygens (including phenoxy) is 2. The van der Waals surface area contributed by atoms with Gasteiger partial charge in [0.2, 0.25) is 0 Å². The predicted molar refractivity (Wildman–Crippen MR) is 81.8 cm³/mol. The summed E-state index contributed by atoms with van der Waals surface area (Å²) in [6.45, 7) is 0. The van der Waals surface area contributed by atoms with Crippen molar-refractivity contribution in [2.24, 2.45) is 0 Å². The molecule has 7 heteroatoms. The summed E-state index contributed by atoms with van der Waals surface area (Å²) in [5.41, 5.74) is 0.271. The predicted octanol–water partition coefficient (Wildman–Crippen LogP) is 3.16. The third-order valence-corrected chi connectivity index (χ3v) is 4.36. The van der Waals surface area contributed by atoms with Gasteiger partial charge in [0, 0.05) is 11.1 Å². The molecule has 0 saturated carbocycles. The van der Waals surface area contributed by atoms with Crippen LogP contribution >= 0.6 is 11.6 Å². The number of rotatable bonds is 5. The highest BCUT2D eigenvalue weighted by molar-refractivity contribution is 7.92. The van der Waals surface area contributed by atoms with E-state index >= 15 is 0 Å². The fourth-order valence-electron chi connectivity index (χ4n) is 1.73. The van der Waals surface area contributed by atoms with Gasteiger partial charge in [0.05, 0.1) is 24.8 Å². The van der Waals surface area contributed by atoms with E-state index in [0.29, 0.717) is 16.5 Å². The molecule has 0 heterocycles. The number of benzene rings is 2. The summed E-state index contributed by atoms with van der Waals surface area (Å²) < 4.78 is 37.4. The molecule has 1 N–H and O–H groups in total. The van der Waals surface area contributed by atoms with Gasteiger partial charge < -0.3 is 9.47 Å². The van der Waals surface area contributed by atoms with E-state index < -0.39 is 10.0 Å². The normalized spacial score (nSPS) is 11.0. The number of sulfonamides is 1. The van der Waals surface area contributed by atoms with Gasteiger partial charge in [-0.05, 0) is 30.3 Å². The van der Waals surface area contributed by atoms with Crippen molar-refractivity contribution in [2.45, 2.75) is 4.90 Å². The number of hydrogen-bond donors (Lipinski definition) is 1. The van der Waals surface area contributed by atoms with Gasteiger partial charge in [-0.15, -0.1) is 0 Å². The van der Waals surface area contributed by atoms with Crippen molar-refractivity contribution in [2.75, 3.05) is 18.9 Å². The quantitative estimate of drug-likeness (QED) is 0.916. The molecule has 5 nitrogen and oxygen atoms in total. The molecular formula is C14H14ClNO4S. The SMILES string of the molecule is COc1cccc(S(=O)(=O)Nc2cc(Cl)ccc2OC)c1. The van der Waals surface area contributed by atoms with Crippen LogP contribution in [0.1, 0.15) is 0 Å². The minimum atomic E-state index is -3.76. The molecule has 0 saturated heterocycles. The lowest BCUT2D eigenvalue weighted by Crippen LogP contribution is -2.13. The maximum Gasteiger partial charge on any atom is 0.262 e. The minimum absolute atomic E-state index is 0.0869. The highest BCUT2D eigenvalue weighted by atomic mass is 35.5. The van der Waals surface area contributed by atoms with Crippen LogP contribution in [0, 0.1) is 0 Å². The minimum Gasteiger partial charge on any atom is -0.497 e. The van der Waals surface area contributed by atoms with Crippen molar-refractivity contribution in [3.63, 3.8) is 0 Å². The molecule has 0 aliphatic heterocycles. The van der Waals surface area contributed by atoms with E-state index in [2.05, 4.69) is 4.72 Å². The Morgan fingerprint density at radius 3 is 2.48 bits per heavy atom. The topological polar surface area (TPSA) is 64.6 Å². The lowest BCUT2D eigenvalue weighted by Gasteiger charge is -2.12. The Bertz CT molecular complexity index is 746. The Balaban J connectivity index is 2.39. The van der Waals surface area contributed by atoms with Gasteiger partial charge in [-0.3, -0.25) is 4.72 Å². The summed E-state index contributed by atoms with van der Waals surface area (Å²) >= 11 is 5.89. The maximum absolute atomic E-state index is 12.4. The molecule has 2 rings (SSSR count). The van der Waals surface area contributed by atoms with Crippen molar-refractivity contribution in [3.8, 4) is 11.5 Å². The number of halogens is 1. The van der Waals surface area contributed by atoms with Gasteiger partial charge in [-0.25, -0.2) is 8.42 Å². The number of nitrogens with one attached hydrogen (secondary N) is 1. The van der Waals surface area contributed by atoms with E-state index in [-0.39, 0.29) is 10.6 Å². The van der Waals surface area contributed by atoms with Gasteiger partial charge in [-0.2, -0.15) is 0 Å². The van der Waals surface area contributed by atoms with E-state index in [1.165, 1.54) is 32.4 Å². The number of anilines is 1.